The average Bonchev–Trinajstić information content (AvgIpc) is 2.96. The molecule has 1 aliphatic carbocycles. The number of hydrogen-bond acceptors (Lipinski definition) is 1. The van der Waals surface area contributed by atoms with Crippen molar-refractivity contribution in [1.82, 2.24) is 0 Å². The number of carbonyl (C=O) groups is 1. The molecule has 2 aromatic carbocycles. The Kier molecular flexibility index (Phi) is 4.84. The largest absolute Gasteiger partial charge is 0.312 e. The fourth-order valence-corrected chi connectivity index (χ4v) is 5.27. The van der Waals surface area contributed by atoms with Crippen molar-refractivity contribution in [2.45, 2.75) is 58.8 Å². The van der Waals surface area contributed by atoms with Gasteiger partial charge < -0.3 is 4.90 Å². The van der Waals surface area contributed by atoms with Crippen LogP contribution in [0, 0.1) is 11.8 Å². The molecule has 0 aromatic heterocycles. The van der Waals surface area contributed by atoms with Crippen LogP contribution in [-0.2, 0) is 17.6 Å². The first-order valence-electron chi connectivity index (χ1n) is 10.4. The van der Waals surface area contributed by atoms with Crippen molar-refractivity contribution >= 4 is 11.6 Å². The molecule has 2 nitrogen and oxygen atoms in total. The number of rotatable bonds is 3. The standard InChI is InChI=1S/C25H31NO/c1-16(2)22-11-12-26(18(4)27)25-10-9-19(14-24(22)25)13-21-15-20-7-5-6-8-23(20)17(21)3/h5-10,14,16-17,21-22H,11-13,15H2,1-4H3. The number of anilines is 1. The van der Waals surface area contributed by atoms with E-state index in [0.29, 0.717) is 23.7 Å². The number of amides is 1. The Hall–Kier alpha value is -2.09. The molecule has 1 heterocycles. The van der Waals surface area contributed by atoms with Crippen molar-refractivity contribution in [3.8, 4) is 0 Å². The molecule has 0 bridgehead atoms. The Bertz CT molecular complexity index is 853. The predicted molar refractivity (Wildman–Crippen MR) is 112 cm³/mol. The minimum absolute atomic E-state index is 0.158. The molecule has 0 spiro atoms. The lowest BCUT2D eigenvalue weighted by Crippen LogP contribution is -2.36. The van der Waals surface area contributed by atoms with E-state index < -0.39 is 0 Å². The zero-order chi connectivity index (χ0) is 19.1. The van der Waals surface area contributed by atoms with Crippen molar-refractivity contribution in [2.75, 3.05) is 11.4 Å². The molecule has 142 valence electrons. The molecule has 1 aliphatic heterocycles. The Morgan fingerprint density at radius 3 is 2.63 bits per heavy atom. The third-order valence-electron chi connectivity index (χ3n) is 6.86. The Morgan fingerprint density at radius 1 is 1.15 bits per heavy atom. The zero-order valence-corrected chi connectivity index (χ0v) is 17.0. The van der Waals surface area contributed by atoms with Crippen molar-refractivity contribution in [1.29, 1.82) is 0 Å². The Labute approximate surface area is 163 Å². The molecule has 3 atom stereocenters. The van der Waals surface area contributed by atoms with Gasteiger partial charge in [0.05, 0.1) is 0 Å². The SMILES string of the molecule is CC(=O)N1CCC(C(C)C)c2cc(CC3Cc4ccccc4C3C)ccc21. The van der Waals surface area contributed by atoms with E-state index in [4.69, 9.17) is 0 Å². The Morgan fingerprint density at radius 2 is 1.93 bits per heavy atom. The van der Waals surface area contributed by atoms with E-state index >= 15 is 0 Å². The molecule has 2 aliphatic rings. The molecule has 2 heteroatoms. The van der Waals surface area contributed by atoms with Crippen LogP contribution < -0.4 is 4.90 Å². The van der Waals surface area contributed by atoms with Crippen LogP contribution in [0.3, 0.4) is 0 Å². The maximum atomic E-state index is 12.1. The van der Waals surface area contributed by atoms with Gasteiger partial charge in [0.2, 0.25) is 5.91 Å². The van der Waals surface area contributed by atoms with Gasteiger partial charge in [0.1, 0.15) is 0 Å². The van der Waals surface area contributed by atoms with Crippen LogP contribution in [-0.4, -0.2) is 12.5 Å². The smallest absolute Gasteiger partial charge is 0.223 e. The molecule has 2 aromatic rings. The highest BCUT2D eigenvalue weighted by Gasteiger charge is 2.31. The summed E-state index contributed by atoms with van der Waals surface area (Å²) in [6.07, 6.45) is 3.37. The molecule has 0 N–H and O–H groups in total. The summed E-state index contributed by atoms with van der Waals surface area (Å²) >= 11 is 0. The second-order valence-electron chi connectivity index (χ2n) is 8.86. The van der Waals surface area contributed by atoms with Gasteiger partial charge in [-0.3, -0.25) is 4.79 Å². The monoisotopic (exact) mass is 361 g/mol. The zero-order valence-electron chi connectivity index (χ0n) is 17.0. The van der Waals surface area contributed by atoms with Crippen LogP contribution in [0.15, 0.2) is 42.5 Å². The average molecular weight is 362 g/mol. The van der Waals surface area contributed by atoms with Gasteiger partial charge in [-0.15, -0.1) is 0 Å². The van der Waals surface area contributed by atoms with E-state index in [2.05, 4.69) is 63.2 Å². The first-order chi connectivity index (χ1) is 13.0. The molecular formula is C25H31NO. The van der Waals surface area contributed by atoms with E-state index in [1.54, 1.807) is 6.92 Å². The number of fused-ring (bicyclic) bond motifs is 2. The van der Waals surface area contributed by atoms with Crippen LogP contribution >= 0.6 is 0 Å². The van der Waals surface area contributed by atoms with Gasteiger partial charge in [0.15, 0.2) is 0 Å². The summed E-state index contributed by atoms with van der Waals surface area (Å²) in [5, 5.41) is 0. The third-order valence-corrected chi connectivity index (χ3v) is 6.86. The molecule has 27 heavy (non-hydrogen) atoms. The summed E-state index contributed by atoms with van der Waals surface area (Å²) in [7, 11) is 0. The van der Waals surface area contributed by atoms with Crippen LogP contribution in [0.4, 0.5) is 5.69 Å². The van der Waals surface area contributed by atoms with Crippen LogP contribution in [0.2, 0.25) is 0 Å². The molecule has 1 amide bonds. The summed E-state index contributed by atoms with van der Waals surface area (Å²) in [4.78, 5) is 14.1. The number of carbonyl (C=O) groups excluding carboxylic acids is 1. The maximum Gasteiger partial charge on any atom is 0.223 e. The molecule has 0 fully saturated rings. The fraction of sp³-hybridized carbons (Fsp3) is 0.480. The van der Waals surface area contributed by atoms with Gasteiger partial charge >= 0.3 is 0 Å². The summed E-state index contributed by atoms with van der Waals surface area (Å²) in [6, 6.07) is 15.8. The second kappa shape index (κ2) is 7.14. The molecular weight excluding hydrogens is 330 g/mol. The number of hydrogen-bond donors (Lipinski definition) is 0. The van der Waals surface area contributed by atoms with Gasteiger partial charge in [0, 0.05) is 19.2 Å². The maximum absolute atomic E-state index is 12.1. The van der Waals surface area contributed by atoms with Crippen LogP contribution in [0.25, 0.3) is 0 Å². The summed E-state index contributed by atoms with van der Waals surface area (Å²) in [6.45, 7) is 9.52. The highest BCUT2D eigenvalue weighted by atomic mass is 16.2. The lowest BCUT2D eigenvalue weighted by molar-refractivity contribution is -0.116. The van der Waals surface area contributed by atoms with E-state index in [9.17, 15) is 4.79 Å². The lowest BCUT2D eigenvalue weighted by Gasteiger charge is -2.36. The Balaban J connectivity index is 1.62. The minimum Gasteiger partial charge on any atom is -0.312 e. The topological polar surface area (TPSA) is 20.3 Å². The fourth-order valence-electron chi connectivity index (χ4n) is 5.27. The third kappa shape index (κ3) is 3.31. The predicted octanol–water partition coefficient (Wildman–Crippen LogP) is 5.70. The van der Waals surface area contributed by atoms with E-state index in [-0.39, 0.29) is 5.91 Å². The molecule has 0 saturated heterocycles. The van der Waals surface area contributed by atoms with E-state index in [0.717, 1.165) is 25.1 Å². The second-order valence-corrected chi connectivity index (χ2v) is 8.86. The number of nitrogens with zero attached hydrogens (tertiary/aromatic N) is 1. The normalized spacial score (nSPS) is 24.0. The van der Waals surface area contributed by atoms with Crippen molar-refractivity contribution < 1.29 is 4.79 Å². The molecule has 0 saturated carbocycles. The molecule has 3 unspecified atom stereocenters. The van der Waals surface area contributed by atoms with Gasteiger partial charge in [0.25, 0.3) is 0 Å². The van der Waals surface area contributed by atoms with Crippen molar-refractivity contribution in [2.24, 2.45) is 11.8 Å². The molecule has 4 rings (SSSR count). The quantitative estimate of drug-likeness (QED) is 0.686. The van der Waals surface area contributed by atoms with Gasteiger partial charge in [-0.25, -0.2) is 0 Å². The van der Waals surface area contributed by atoms with Crippen molar-refractivity contribution in [3.05, 3.63) is 64.7 Å². The summed E-state index contributed by atoms with van der Waals surface area (Å²) in [5.74, 6) is 2.60. The van der Waals surface area contributed by atoms with Crippen LogP contribution in [0.5, 0.6) is 0 Å². The first kappa shape index (κ1) is 18.3. The first-order valence-corrected chi connectivity index (χ1v) is 10.4. The van der Waals surface area contributed by atoms with E-state index in [1.807, 2.05) is 4.90 Å². The minimum atomic E-state index is 0.158. The summed E-state index contributed by atoms with van der Waals surface area (Å²) in [5.41, 5.74) is 7.00. The highest BCUT2D eigenvalue weighted by molar-refractivity contribution is 5.93. The molecule has 0 radical (unpaired) electrons. The van der Waals surface area contributed by atoms with Gasteiger partial charge in [-0.1, -0.05) is 57.2 Å². The van der Waals surface area contributed by atoms with Crippen LogP contribution in [0.1, 0.15) is 68.2 Å². The van der Waals surface area contributed by atoms with Crippen molar-refractivity contribution in [3.63, 3.8) is 0 Å². The lowest BCUT2D eigenvalue weighted by atomic mass is 9.80. The van der Waals surface area contributed by atoms with Gasteiger partial charge in [-0.05, 0) is 71.3 Å². The van der Waals surface area contributed by atoms with E-state index in [1.165, 1.54) is 28.7 Å². The number of benzene rings is 2. The summed E-state index contributed by atoms with van der Waals surface area (Å²) < 4.78 is 0. The van der Waals surface area contributed by atoms with Gasteiger partial charge in [-0.2, -0.15) is 0 Å². The highest BCUT2D eigenvalue weighted by Crippen LogP contribution is 2.42.